The predicted octanol–water partition coefficient (Wildman–Crippen LogP) is 2.19. The van der Waals surface area contributed by atoms with E-state index in [0.717, 1.165) is 51.2 Å². The van der Waals surface area contributed by atoms with Crippen molar-refractivity contribution in [2.24, 2.45) is 0 Å². The van der Waals surface area contributed by atoms with Gasteiger partial charge in [-0.25, -0.2) is 4.79 Å². The van der Waals surface area contributed by atoms with Crippen molar-refractivity contribution in [2.45, 2.75) is 31.9 Å². The third-order valence-corrected chi connectivity index (χ3v) is 4.40. The summed E-state index contributed by atoms with van der Waals surface area (Å²) >= 11 is 0. The zero-order chi connectivity index (χ0) is 14.7. The zero-order valence-corrected chi connectivity index (χ0v) is 12.5. The zero-order valence-electron chi connectivity index (χ0n) is 12.5. The number of nitrogens with one attached hydrogen (secondary N) is 2. The lowest BCUT2D eigenvalue weighted by molar-refractivity contribution is -0.0487. The van der Waals surface area contributed by atoms with E-state index in [2.05, 4.69) is 29.7 Å². The van der Waals surface area contributed by atoms with Gasteiger partial charge in [0.05, 0.1) is 6.61 Å². The Balaban J connectivity index is 1.54. The second-order valence-corrected chi connectivity index (χ2v) is 5.74. The molecule has 2 fully saturated rings. The van der Waals surface area contributed by atoms with Crippen LogP contribution in [0.3, 0.4) is 0 Å². The van der Waals surface area contributed by atoms with Crippen LogP contribution < -0.4 is 10.6 Å². The van der Waals surface area contributed by atoms with E-state index in [1.165, 1.54) is 5.56 Å². The Labute approximate surface area is 125 Å². The van der Waals surface area contributed by atoms with Gasteiger partial charge < -0.3 is 15.0 Å². The Morgan fingerprint density at radius 1 is 1.33 bits per heavy atom. The molecule has 2 amide bonds. The molecule has 3 rings (SSSR count). The second-order valence-electron chi connectivity index (χ2n) is 5.74. The fourth-order valence-corrected chi connectivity index (χ4v) is 2.99. The molecule has 0 atom stereocenters. The molecule has 2 saturated heterocycles. The van der Waals surface area contributed by atoms with Gasteiger partial charge in [0.15, 0.2) is 0 Å². The van der Waals surface area contributed by atoms with E-state index in [1.807, 2.05) is 17.0 Å². The number of benzene rings is 1. The van der Waals surface area contributed by atoms with Crippen LogP contribution in [0.1, 0.15) is 25.3 Å². The molecule has 21 heavy (non-hydrogen) atoms. The summed E-state index contributed by atoms with van der Waals surface area (Å²) in [5.74, 6) is 0. The largest absolute Gasteiger partial charge is 0.359 e. The maximum absolute atomic E-state index is 12.3. The fraction of sp³-hybridized carbons (Fsp3) is 0.562. The number of ether oxygens (including phenoxy) is 1. The van der Waals surface area contributed by atoms with Crippen LogP contribution >= 0.6 is 0 Å². The van der Waals surface area contributed by atoms with Crippen molar-refractivity contribution in [2.75, 3.05) is 31.6 Å². The number of anilines is 1. The van der Waals surface area contributed by atoms with Gasteiger partial charge in [0, 0.05) is 38.2 Å². The standard InChI is InChI=1S/C16H23N3O2/c1-2-13-3-5-14(6-4-13)18-15(20)19-10-7-16(8-11-19)17-9-12-21-16/h3-6,17H,2,7-12H2,1H3,(H,18,20). The Hall–Kier alpha value is -1.59. The summed E-state index contributed by atoms with van der Waals surface area (Å²) in [6.07, 6.45) is 2.72. The number of carbonyl (C=O) groups is 1. The van der Waals surface area contributed by atoms with Gasteiger partial charge in [0.25, 0.3) is 0 Å². The molecule has 0 aromatic heterocycles. The molecule has 5 heteroatoms. The maximum atomic E-state index is 12.3. The lowest BCUT2D eigenvalue weighted by atomic mass is 10.0. The molecule has 0 bridgehead atoms. The first kappa shape index (κ1) is 14.4. The van der Waals surface area contributed by atoms with Crippen LogP contribution in [0.2, 0.25) is 0 Å². The smallest absolute Gasteiger partial charge is 0.321 e. The Bertz CT molecular complexity index is 485. The highest BCUT2D eigenvalue weighted by atomic mass is 16.5. The molecule has 5 nitrogen and oxygen atoms in total. The number of amides is 2. The van der Waals surface area contributed by atoms with E-state index < -0.39 is 0 Å². The van der Waals surface area contributed by atoms with Gasteiger partial charge in [-0.1, -0.05) is 19.1 Å². The fourth-order valence-electron chi connectivity index (χ4n) is 2.99. The monoisotopic (exact) mass is 289 g/mol. The summed E-state index contributed by atoms with van der Waals surface area (Å²) < 4.78 is 5.78. The SMILES string of the molecule is CCc1ccc(NC(=O)N2CCC3(CC2)NCCO3)cc1. The van der Waals surface area contributed by atoms with Gasteiger partial charge in [-0.3, -0.25) is 5.32 Å². The molecule has 0 aliphatic carbocycles. The van der Waals surface area contributed by atoms with E-state index in [1.54, 1.807) is 0 Å². The number of urea groups is 1. The second kappa shape index (κ2) is 6.03. The molecule has 0 radical (unpaired) electrons. The average Bonchev–Trinajstić information content (AvgIpc) is 2.97. The molecular weight excluding hydrogens is 266 g/mol. The normalized spacial score (nSPS) is 20.7. The molecule has 1 aromatic carbocycles. The first-order chi connectivity index (χ1) is 10.2. The molecule has 2 aliphatic rings. The van der Waals surface area contributed by atoms with Gasteiger partial charge in [0.1, 0.15) is 5.72 Å². The topological polar surface area (TPSA) is 53.6 Å². The molecule has 2 N–H and O–H groups in total. The van der Waals surface area contributed by atoms with Crippen molar-refractivity contribution in [1.82, 2.24) is 10.2 Å². The van der Waals surface area contributed by atoms with Gasteiger partial charge in [-0.15, -0.1) is 0 Å². The Morgan fingerprint density at radius 3 is 2.62 bits per heavy atom. The van der Waals surface area contributed by atoms with E-state index in [9.17, 15) is 4.79 Å². The van der Waals surface area contributed by atoms with Crippen molar-refractivity contribution < 1.29 is 9.53 Å². The number of hydrogen-bond acceptors (Lipinski definition) is 3. The Kier molecular flexibility index (Phi) is 4.12. The minimum Gasteiger partial charge on any atom is -0.359 e. The van der Waals surface area contributed by atoms with Crippen LogP contribution in [0.5, 0.6) is 0 Å². The Morgan fingerprint density at radius 2 is 2.05 bits per heavy atom. The van der Waals surface area contributed by atoms with Crippen LogP contribution in [0.25, 0.3) is 0 Å². The van der Waals surface area contributed by atoms with E-state index in [0.29, 0.717) is 0 Å². The molecule has 1 aromatic rings. The molecular formula is C16H23N3O2. The average molecular weight is 289 g/mol. The van der Waals surface area contributed by atoms with E-state index in [-0.39, 0.29) is 11.8 Å². The highest BCUT2D eigenvalue weighted by Gasteiger charge is 2.39. The lowest BCUT2D eigenvalue weighted by Crippen LogP contribution is -2.53. The molecule has 0 saturated carbocycles. The van der Waals surface area contributed by atoms with Crippen molar-refractivity contribution in [3.63, 3.8) is 0 Å². The quantitative estimate of drug-likeness (QED) is 0.877. The highest BCUT2D eigenvalue weighted by Crippen LogP contribution is 2.26. The van der Waals surface area contributed by atoms with Crippen LogP contribution in [-0.2, 0) is 11.2 Å². The van der Waals surface area contributed by atoms with Crippen LogP contribution in [0.4, 0.5) is 10.5 Å². The number of nitrogens with zero attached hydrogens (tertiary/aromatic N) is 1. The molecule has 2 heterocycles. The van der Waals surface area contributed by atoms with Crippen LogP contribution in [0.15, 0.2) is 24.3 Å². The first-order valence-corrected chi connectivity index (χ1v) is 7.75. The van der Waals surface area contributed by atoms with Crippen molar-refractivity contribution >= 4 is 11.7 Å². The van der Waals surface area contributed by atoms with E-state index >= 15 is 0 Å². The summed E-state index contributed by atoms with van der Waals surface area (Å²) in [6.45, 7) is 5.26. The van der Waals surface area contributed by atoms with Crippen LogP contribution in [-0.4, -0.2) is 42.9 Å². The minimum absolute atomic E-state index is 0.0212. The number of aryl methyl sites for hydroxylation is 1. The molecule has 1 spiro atoms. The first-order valence-electron chi connectivity index (χ1n) is 7.75. The maximum Gasteiger partial charge on any atom is 0.321 e. The number of hydrogen-bond donors (Lipinski definition) is 2. The van der Waals surface area contributed by atoms with Crippen molar-refractivity contribution in [1.29, 1.82) is 0 Å². The summed E-state index contributed by atoms with van der Waals surface area (Å²) in [5, 5.41) is 6.38. The van der Waals surface area contributed by atoms with Gasteiger partial charge in [0.2, 0.25) is 0 Å². The minimum atomic E-state index is -0.181. The molecule has 2 aliphatic heterocycles. The number of likely N-dealkylation sites (tertiary alicyclic amines) is 1. The molecule has 114 valence electrons. The summed E-state index contributed by atoms with van der Waals surface area (Å²) in [4.78, 5) is 14.1. The lowest BCUT2D eigenvalue weighted by Gasteiger charge is -2.38. The number of piperidine rings is 1. The van der Waals surface area contributed by atoms with Gasteiger partial charge >= 0.3 is 6.03 Å². The third kappa shape index (κ3) is 3.19. The van der Waals surface area contributed by atoms with Gasteiger partial charge in [-0.05, 0) is 24.1 Å². The van der Waals surface area contributed by atoms with Gasteiger partial charge in [-0.2, -0.15) is 0 Å². The predicted molar refractivity (Wildman–Crippen MR) is 82.3 cm³/mol. The highest BCUT2D eigenvalue weighted by molar-refractivity contribution is 5.89. The summed E-state index contributed by atoms with van der Waals surface area (Å²) in [7, 11) is 0. The van der Waals surface area contributed by atoms with E-state index in [4.69, 9.17) is 4.74 Å². The van der Waals surface area contributed by atoms with Crippen LogP contribution in [0, 0.1) is 0 Å². The van der Waals surface area contributed by atoms with Crippen molar-refractivity contribution in [3.8, 4) is 0 Å². The summed E-state index contributed by atoms with van der Waals surface area (Å²) in [6, 6.07) is 8.01. The molecule has 0 unspecified atom stereocenters. The third-order valence-electron chi connectivity index (χ3n) is 4.40. The van der Waals surface area contributed by atoms with Crippen molar-refractivity contribution in [3.05, 3.63) is 29.8 Å². The number of rotatable bonds is 2. The summed E-state index contributed by atoms with van der Waals surface area (Å²) in [5.41, 5.74) is 1.95. The number of carbonyl (C=O) groups excluding carboxylic acids is 1.